The van der Waals surface area contributed by atoms with E-state index in [1.165, 1.54) is 11.3 Å². The summed E-state index contributed by atoms with van der Waals surface area (Å²) in [5.41, 5.74) is 5.45. The van der Waals surface area contributed by atoms with Crippen LogP contribution in [0.2, 0.25) is 0 Å². The fourth-order valence-electron chi connectivity index (χ4n) is 6.02. The number of aliphatic carboxylic acids is 1. The fourth-order valence-corrected chi connectivity index (χ4v) is 6.02. The number of carboxylic acid groups (broad SMARTS) is 1. The molecule has 10 nitrogen and oxygen atoms in total. The number of β-amino-alcohol motifs (C(OH)–C–C–N with tert-alkyl or cyclic N) is 1. The summed E-state index contributed by atoms with van der Waals surface area (Å²) in [5.74, 6) is -0.261. The van der Waals surface area contributed by atoms with Crippen LogP contribution in [-0.4, -0.2) is 69.8 Å². The highest BCUT2D eigenvalue weighted by molar-refractivity contribution is 5.91. The number of nitrogens with one attached hydrogen (secondary N) is 1. The second-order valence-corrected chi connectivity index (χ2v) is 11.0. The zero-order valence-corrected chi connectivity index (χ0v) is 20.3. The van der Waals surface area contributed by atoms with Crippen molar-refractivity contribution >= 4 is 23.9 Å². The average molecular weight is 494 g/mol. The summed E-state index contributed by atoms with van der Waals surface area (Å²) in [6.07, 6.45) is 8.25. The molecule has 8 atom stereocenters. The Morgan fingerprint density at radius 1 is 0.971 bits per heavy atom. The van der Waals surface area contributed by atoms with Gasteiger partial charge in [0.1, 0.15) is 18.2 Å². The molecule has 4 aliphatic rings. The lowest BCUT2D eigenvalue weighted by molar-refractivity contribution is -0.139. The van der Waals surface area contributed by atoms with E-state index in [1.54, 1.807) is 0 Å². The van der Waals surface area contributed by atoms with Gasteiger partial charge in [-0.3, -0.25) is 14.4 Å². The van der Waals surface area contributed by atoms with Gasteiger partial charge < -0.3 is 30.9 Å². The number of alkyl carbamates (subject to hydrolysis) is 1. The number of carboxylic acids is 1. The standard InChI is InChI=1S/C25H39N3O7/c26-22(30)21-12-17(29)13-28(21)23(31)20(27-25(34)35-18-9-15-8-16(15)10-18)7-5-3-1-2-4-6-14-11-19(14)24(32)33/h14-21,29H,1-13H2,(H2,26,30)(H,27,34)(H,32,33)/t14-,15-,16+,17-,18+,19+,20+,21+/m1/s1. The van der Waals surface area contributed by atoms with Gasteiger partial charge in [-0.05, 0) is 56.3 Å². The van der Waals surface area contributed by atoms with Crippen LogP contribution in [0.25, 0.3) is 0 Å². The smallest absolute Gasteiger partial charge is 0.408 e. The first-order chi connectivity index (χ1) is 16.7. The van der Waals surface area contributed by atoms with Crippen LogP contribution in [0.4, 0.5) is 4.79 Å². The van der Waals surface area contributed by atoms with Crippen molar-refractivity contribution in [1.29, 1.82) is 0 Å². The summed E-state index contributed by atoms with van der Waals surface area (Å²) < 4.78 is 5.56. The topological polar surface area (TPSA) is 159 Å². The summed E-state index contributed by atoms with van der Waals surface area (Å²) in [4.78, 5) is 49.8. The molecule has 35 heavy (non-hydrogen) atoms. The predicted molar refractivity (Wildman–Crippen MR) is 125 cm³/mol. The minimum atomic E-state index is -0.878. The Morgan fingerprint density at radius 2 is 1.66 bits per heavy atom. The van der Waals surface area contributed by atoms with Crippen LogP contribution in [0.3, 0.4) is 0 Å². The van der Waals surface area contributed by atoms with Gasteiger partial charge in [-0.2, -0.15) is 0 Å². The Balaban J connectivity index is 1.22. The van der Waals surface area contributed by atoms with Gasteiger partial charge in [0.2, 0.25) is 11.8 Å². The molecule has 1 aliphatic heterocycles. The van der Waals surface area contributed by atoms with E-state index in [0.29, 0.717) is 30.6 Å². The maximum Gasteiger partial charge on any atom is 0.408 e. The number of amides is 3. The van der Waals surface area contributed by atoms with Crippen LogP contribution in [0.1, 0.15) is 77.0 Å². The number of hydrogen-bond donors (Lipinski definition) is 4. The van der Waals surface area contributed by atoms with Gasteiger partial charge in [-0.15, -0.1) is 0 Å². The van der Waals surface area contributed by atoms with E-state index in [1.807, 2.05) is 0 Å². The van der Waals surface area contributed by atoms with E-state index >= 15 is 0 Å². The molecule has 0 aromatic carbocycles. The first kappa shape index (κ1) is 25.7. The molecule has 0 bridgehead atoms. The molecule has 1 heterocycles. The third kappa shape index (κ3) is 6.86. The van der Waals surface area contributed by atoms with Crippen molar-refractivity contribution in [3.05, 3.63) is 0 Å². The highest BCUT2D eigenvalue weighted by Crippen LogP contribution is 2.52. The molecule has 0 unspecified atom stereocenters. The highest BCUT2D eigenvalue weighted by Gasteiger charge is 2.47. The van der Waals surface area contributed by atoms with E-state index < -0.39 is 42.1 Å². The molecule has 4 fully saturated rings. The first-order valence-corrected chi connectivity index (χ1v) is 13.2. The normalized spacial score (nSPS) is 33.6. The number of carbonyl (C=O) groups excluding carboxylic acids is 3. The molecule has 0 radical (unpaired) electrons. The Labute approximate surface area is 205 Å². The second kappa shape index (κ2) is 11.1. The van der Waals surface area contributed by atoms with Gasteiger partial charge in [0, 0.05) is 13.0 Å². The molecule has 1 saturated heterocycles. The van der Waals surface area contributed by atoms with Crippen LogP contribution in [-0.2, 0) is 19.1 Å². The third-order valence-electron chi connectivity index (χ3n) is 8.26. The number of primary amides is 1. The quantitative estimate of drug-likeness (QED) is 0.285. The number of nitrogens with two attached hydrogens (primary N) is 1. The minimum Gasteiger partial charge on any atom is -0.481 e. The summed E-state index contributed by atoms with van der Waals surface area (Å²) in [6.45, 7) is 0.0180. The van der Waals surface area contributed by atoms with Crippen LogP contribution in [0, 0.1) is 23.7 Å². The lowest BCUT2D eigenvalue weighted by Crippen LogP contribution is -2.53. The molecular formula is C25H39N3O7. The van der Waals surface area contributed by atoms with Crippen molar-refractivity contribution in [2.45, 2.75) is 101 Å². The molecular weight excluding hydrogens is 454 g/mol. The van der Waals surface area contributed by atoms with Crippen LogP contribution in [0.5, 0.6) is 0 Å². The number of carbonyl (C=O) groups is 4. The number of nitrogens with zero attached hydrogens (tertiary/aromatic N) is 1. The number of aliphatic hydroxyl groups excluding tert-OH is 1. The van der Waals surface area contributed by atoms with E-state index in [9.17, 15) is 24.3 Å². The number of hydrogen-bond acceptors (Lipinski definition) is 6. The van der Waals surface area contributed by atoms with E-state index in [0.717, 1.165) is 51.4 Å². The monoisotopic (exact) mass is 493 g/mol. The SMILES string of the molecule is NC(=O)[C@@H]1C[C@@H](O)CN1C(=O)[C@H](CCCCCCC[C@@H]1C[C@@H]1C(=O)O)NC(=O)O[C@@H]1C[C@@H]2C[C@@H]2C1. The second-order valence-electron chi connectivity index (χ2n) is 11.0. The van der Waals surface area contributed by atoms with Gasteiger partial charge in [-0.25, -0.2) is 4.79 Å². The van der Waals surface area contributed by atoms with Crippen molar-refractivity contribution in [2.75, 3.05) is 6.54 Å². The number of aliphatic hydroxyl groups is 1. The molecule has 3 saturated carbocycles. The Kier molecular flexibility index (Phi) is 8.19. The van der Waals surface area contributed by atoms with Crippen LogP contribution < -0.4 is 11.1 Å². The lowest BCUT2D eigenvalue weighted by Gasteiger charge is -2.28. The number of rotatable bonds is 13. The van der Waals surface area contributed by atoms with Gasteiger partial charge in [0.25, 0.3) is 0 Å². The number of fused-ring (bicyclic) bond motifs is 1. The first-order valence-electron chi connectivity index (χ1n) is 13.2. The predicted octanol–water partition coefficient (Wildman–Crippen LogP) is 1.78. The zero-order chi connectivity index (χ0) is 25.1. The van der Waals surface area contributed by atoms with Crippen LogP contribution in [0.15, 0.2) is 0 Å². The Bertz CT molecular complexity index is 811. The Morgan fingerprint density at radius 3 is 2.31 bits per heavy atom. The van der Waals surface area contributed by atoms with Crippen LogP contribution >= 0.6 is 0 Å². The van der Waals surface area contributed by atoms with Gasteiger partial charge in [0.05, 0.1) is 12.0 Å². The number of likely N-dealkylation sites (tertiary alicyclic amines) is 1. The zero-order valence-electron chi connectivity index (χ0n) is 20.3. The molecule has 3 aliphatic carbocycles. The largest absolute Gasteiger partial charge is 0.481 e. The molecule has 196 valence electrons. The van der Waals surface area contributed by atoms with Crippen molar-refractivity contribution < 1.29 is 34.1 Å². The molecule has 5 N–H and O–H groups in total. The van der Waals surface area contributed by atoms with E-state index in [4.69, 9.17) is 15.6 Å². The molecule has 4 rings (SSSR count). The van der Waals surface area contributed by atoms with Crippen molar-refractivity contribution in [3.8, 4) is 0 Å². The summed E-state index contributed by atoms with van der Waals surface area (Å²) in [6, 6.07) is -1.72. The number of unbranched alkanes of at least 4 members (excludes halogenated alkanes) is 4. The maximum atomic E-state index is 13.3. The minimum absolute atomic E-state index is 0.0180. The van der Waals surface area contributed by atoms with Crippen molar-refractivity contribution in [1.82, 2.24) is 10.2 Å². The van der Waals surface area contributed by atoms with Gasteiger partial charge >= 0.3 is 12.1 Å². The summed E-state index contributed by atoms with van der Waals surface area (Å²) in [5, 5.41) is 21.7. The van der Waals surface area contributed by atoms with Crippen molar-refractivity contribution in [2.24, 2.45) is 29.4 Å². The molecule has 0 spiro atoms. The Hall–Kier alpha value is -2.36. The lowest BCUT2D eigenvalue weighted by atomic mass is 10.0. The fraction of sp³-hybridized carbons (Fsp3) is 0.840. The highest BCUT2D eigenvalue weighted by atomic mass is 16.6. The summed E-state index contributed by atoms with van der Waals surface area (Å²) in [7, 11) is 0. The molecule has 3 amide bonds. The molecule has 0 aromatic rings. The van der Waals surface area contributed by atoms with E-state index in [-0.39, 0.29) is 25.0 Å². The third-order valence-corrected chi connectivity index (χ3v) is 8.26. The summed E-state index contributed by atoms with van der Waals surface area (Å²) >= 11 is 0. The molecule has 0 aromatic heterocycles. The van der Waals surface area contributed by atoms with Gasteiger partial charge in [0.15, 0.2) is 0 Å². The molecule has 10 heteroatoms. The average Bonchev–Trinajstić information content (AvgIpc) is 3.66. The van der Waals surface area contributed by atoms with E-state index in [2.05, 4.69) is 5.32 Å². The maximum absolute atomic E-state index is 13.3. The number of ether oxygens (including phenoxy) is 1. The van der Waals surface area contributed by atoms with Crippen molar-refractivity contribution in [3.63, 3.8) is 0 Å². The van der Waals surface area contributed by atoms with Gasteiger partial charge in [-0.1, -0.05) is 32.1 Å².